The molecule has 0 atom stereocenters. The molecule has 0 bridgehead atoms. The third-order valence-corrected chi connectivity index (χ3v) is 4.66. The highest BCUT2D eigenvalue weighted by molar-refractivity contribution is 6.43. The molecule has 2 N–H and O–H groups in total. The number of fused-ring (bicyclic) bond motifs is 1. The maximum Gasteiger partial charge on any atom is 0.229 e. The summed E-state index contributed by atoms with van der Waals surface area (Å²) in [5.41, 5.74) is 2.42. The molecular formula is C20H14Cl2N4. The van der Waals surface area contributed by atoms with Gasteiger partial charge in [-0.15, -0.1) is 0 Å². The fourth-order valence-corrected chi connectivity index (χ4v) is 2.95. The van der Waals surface area contributed by atoms with Gasteiger partial charge in [0.05, 0.1) is 21.2 Å². The Bertz CT molecular complexity index is 1070. The van der Waals surface area contributed by atoms with Gasteiger partial charge in [-0.1, -0.05) is 59.6 Å². The minimum absolute atomic E-state index is 0.434. The molecule has 4 aromatic rings. The molecule has 0 aliphatic rings. The Morgan fingerprint density at radius 1 is 0.692 bits per heavy atom. The van der Waals surface area contributed by atoms with Gasteiger partial charge < -0.3 is 10.6 Å². The summed E-state index contributed by atoms with van der Waals surface area (Å²) in [5, 5.41) is 8.34. The van der Waals surface area contributed by atoms with Crippen LogP contribution < -0.4 is 10.6 Å². The zero-order valence-electron chi connectivity index (χ0n) is 13.6. The van der Waals surface area contributed by atoms with Crippen molar-refractivity contribution in [1.29, 1.82) is 0 Å². The van der Waals surface area contributed by atoms with Crippen molar-refractivity contribution in [3.63, 3.8) is 0 Å². The van der Waals surface area contributed by atoms with Gasteiger partial charge in [0.25, 0.3) is 0 Å². The van der Waals surface area contributed by atoms with Gasteiger partial charge in [-0.2, -0.15) is 4.98 Å². The highest BCUT2D eigenvalue weighted by Gasteiger charge is 2.10. The molecule has 1 aromatic heterocycles. The Balaban J connectivity index is 1.77. The third-order valence-electron chi connectivity index (χ3n) is 3.84. The van der Waals surface area contributed by atoms with Crippen LogP contribution in [0.15, 0.2) is 72.8 Å². The number of hydrogen-bond donors (Lipinski definition) is 2. The van der Waals surface area contributed by atoms with E-state index in [0.717, 1.165) is 16.6 Å². The second kappa shape index (κ2) is 7.20. The monoisotopic (exact) mass is 380 g/mol. The number of aromatic nitrogens is 2. The second-order valence-corrected chi connectivity index (χ2v) is 6.42. The Labute approximate surface area is 160 Å². The predicted octanol–water partition coefficient (Wildman–Crippen LogP) is 6.42. The van der Waals surface area contributed by atoms with Crippen molar-refractivity contribution in [3.8, 4) is 0 Å². The van der Waals surface area contributed by atoms with E-state index in [2.05, 4.69) is 20.6 Å². The average Bonchev–Trinajstić information content (AvgIpc) is 2.66. The largest absolute Gasteiger partial charge is 0.340 e. The smallest absolute Gasteiger partial charge is 0.229 e. The Morgan fingerprint density at radius 2 is 1.46 bits per heavy atom. The minimum Gasteiger partial charge on any atom is -0.340 e. The van der Waals surface area contributed by atoms with Gasteiger partial charge in [-0.3, -0.25) is 0 Å². The van der Waals surface area contributed by atoms with Gasteiger partial charge >= 0.3 is 0 Å². The second-order valence-electron chi connectivity index (χ2n) is 5.63. The molecule has 6 heteroatoms. The molecule has 0 saturated heterocycles. The first-order valence-corrected chi connectivity index (χ1v) is 8.76. The summed E-state index contributed by atoms with van der Waals surface area (Å²) in [6.07, 6.45) is 0. The lowest BCUT2D eigenvalue weighted by molar-refractivity contribution is 1.21. The van der Waals surface area contributed by atoms with Gasteiger partial charge in [0.15, 0.2) is 0 Å². The van der Waals surface area contributed by atoms with Crippen molar-refractivity contribution in [2.45, 2.75) is 0 Å². The summed E-state index contributed by atoms with van der Waals surface area (Å²) in [5.74, 6) is 1.15. The number of anilines is 4. The predicted molar refractivity (Wildman–Crippen MR) is 109 cm³/mol. The standard InChI is InChI=1S/C20H14Cl2N4/c21-15-10-6-12-17(18(15)22)25-20-24-16-11-5-4-9-14(16)19(26-20)23-13-7-2-1-3-8-13/h1-12H,(H2,23,24,25,26). The van der Waals surface area contributed by atoms with Crippen molar-refractivity contribution in [2.24, 2.45) is 0 Å². The molecule has 0 aliphatic carbocycles. The van der Waals surface area contributed by atoms with E-state index in [1.807, 2.05) is 66.7 Å². The van der Waals surface area contributed by atoms with Crippen LogP contribution in [0.2, 0.25) is 10.0 Å². The number of nitrogens with zero attached hydrogens (tertiary/aromatic N) is 2. The molecule has 0 spiro atoms. The molecule has 0 aliphatic heterocycles. The van der Waals surface area contributed by atoms with Crippen molar-refractivity contribution < 1.29 is 0 Å². The molecule has 0 saturated carbocycles. The Hall–Kier alpha value is -2.82. The fraction of sp³-hybridized carbons (Fsp3) is 0. The molecule has 0 radical (unpaired) electrons. The SMILES string of the molecule is Clc1cccc(Nc2nc(Nc3ccccc3)c3ccccc3n2)c1Cl. The number of rotatable bonds is 4. The van der Waals surface area contributed by atoms with E-state index < -0.39 is 0 Å². The molecule has 0 fully saturated rings. The lowest BCUT2D eigenvalue weighted by Crippen LogP contribution is -2.02. The van der Waals surface area contributed by atoms with Gasteiger partial charge in [0.2, 0.25) is 5.95 Å². The van der Waals surface area contributed by atoms with Gasteiger partial charge in [-0.05, 0) is 36.4 Å². The fourth-order valence-electron chi connectivity index (χ4n) is 2.61. The average molecular weight is 381 g/mol. The van der Waals surface area contributed by atoms with Crippen LogP contribution in [-0.4, -0.2) is 9.97 Å². The van der Waals surface area contributed by atoms with Crippen LogP contribution in [0.4, 0.5) is 23.1 Å². The van der Waals surface area contributed by atoms with Crippen LogP contribution in [0, 0.1) is 0 Å². The summed E-state index contributed by atoms with van der Waals surface area (Å²) >= 11 is 12.4. The lowest BCUT2D eigenvalue weighted by Gasteiger charge is -2.13. The van der Waals surface area contributed by atoms with E-state index in [-0.39, 0.29) is 0 Å². The number of benzene rings is 3. The van der Waals surface area contributed by atoms with Crippen molar-refractivity contribution in [2.75, 3.05) is 10.6 Å². The van der Waals surface area contributed by atoms with Crippen molar-refractivity contribution in [3.05, 3.63) is 82.8 Å². The summed E-state index contributed by atoms with van der Waals surface area (Å²) in [6, 6.07) is 23.1. The van der Waals surface area contributed by atoms with Crippen molar-refractivity contribution in [1.82, 2.24) is 9.97 Å². The Morgan fingerprint density at radius 3 is 2.31 bits per heavy atom. The summed E-state index contributed by atoms with van der Waals surface area (Å²) in [4.78, 5) is 9.21. The van der Waals surface area contributed by atoms with Gasteiger partial charge in [0.1, 0.15) is 5.82 Å². The highest BCUT2D eigenvalue weighted by atomic mass is 35.5. The van der Waals surface area contributed by atoms with E-state index in [1.54, 1.807) is 6.07 Å². The maximum atomic E-state index is 6.27. The minimum atomic E-state index is 0.434. The molecule has 26 heavy (non-hydrogen) atoms. The molecule has 4 rings (SSSR count). The first-order valence-electron chi connectivity index (χ1n) is 8.00. The van der Waals surface area contributed by atoms with Crippen LogP contribution in [0.1, 0.15) is 0 Å². The zero-order chi connectivity index (χ0) is 17.9. The van der Waals surface area contributed by atoms with Crippen LogP contribution in [-0.2, 0) is 0 Å². The molecule has 3 aromatic carbocycles. The Kier molecular flexibility index (Phi) is 4.61. The number of nitrogens with one attached hydrogen (secondary N) is 2. The van der Waals surface area contributed by atoms with Gasteiger partial charge in [-0.25, -0.2) is 4.98 Å². The van der Waals surface area contributed by atoms with E-state index in [1.165, 1.54) is 0 Å². The van der Waals surface area contributed by atoms with E-state index in [4.69, 9.17) is 23.2 Å². The quantitative estimate of drug-likeness (QED) is 0.428. The molecule has 1 heterocycles. The maximum absolute atomic E-state index is 6.27. The van der Waals surface area contributed by atoms with Crippen LogP contribution in [0.3, 0.4) is 0 Å². The third kappa shape index (κ3) is 3.43. The summed E-state index contributed by atoms with van der Waals surface area (Å²) < 4.78 is 0. The number of para-hydroxylation sites is 2. The molecule has 0 amide bonds. The lowest BCUT2D eigenvalue weighted by atomic mass is 10.2. The number of hydrogen-bond acceptors (Lipinski definition) is 4. The molecule has 4 nitrogen and oxygen atoms in total. The van der Waals surface area contributed by atoms with Gasteiger partial charge in [0, 0.05) is 11.1 Å². The molecule has 128 valence electrons. The summed E-state index contributed by atoms with van der Waals surface area (Å²) in [7, 11) is 0. The van der Waals surface area contributed by atoms with E-state index >= 15 is 0 Å². The first kappa shape index (κ1) is 16.6. The summed E-state index contributed by atoms with van der Waals surface area (Å²) in [6.45, 7) is 0. The number of halogens is 2. The first-order chi connectivity index (χ1) is 12.7. The van der Waals surface area contributed by atoms with Crippen LogP contribution in [0.5, 0.6) is 0 Å². The van der Waals surface area contributed by atoms with Crippen molar-refractivity contribution >= 4 is 57.2 Å². The highest BCUT2D eigenvalue weighted by Crippen LogP contribution is 2.32. The van der Waals surface area contributed by atoms with Crippen LogP contribution >= 0.6 is 23.2 Å². The topological polar surface area (TPSA) is 49.8 Å². The molecular weight excluding hydrogens is 367 g/mol. The molecule has 0 unspecified atom stereocenters. The van der Waals surface area contributed by atoms with Crippen LogP contribution in [0.25, 0.3) is 10.9 Å². The van der Waals surface area contributed by atoms with E-state index in [9.17, 15) is 0 Å². The normalized spacial score (nSPS) is 10.7. The zero-order valence-corrected chi connectivity index (χ0v) is 15.1. The van der Waals surface area contributed by atoms with E-state index in [0.29, 0.717) is 27.5 Å².